The summed E-state index contributed by atoms with van der Waals surface area (Å²) in [6.07, 6.45) is 4.30. The highest BCUT2D eigenvalue weighted by Crippen LogP contribution is 2.20. The number of aromatic nitrogens is 3. The number of hydrogen-bond acceptors (Lipinski definition) is 3. The van der Waals surface area contributed by atoms with Gasteiger partial charge in [0, 0.05) is 17.3 Å². The van der Waals surface area contributed by atoms with Crippen molar-refractivity contribution < 1.29 is 4.74 Å². The minimum atomic E-state index is 0.270. The minimum absolute atomic E-state index is 0.270. The zero-order chi connectivity index (χ0) is 11.8. The fourth-order valence-electron chi connectivity index (χ4n) is 2.18. The second-order valence-electron chi connectivity index (χ2n) is 4.20. The number of hydrogen-bond donors (Lipinski definition) is 1. The van der Waals surface area contributed by atoms with Gasteiger partial charge in [0.15, 0.2) is 10.4 Å². The number of nitrogens with zero attached hydrogens (tertiary/aromatic N) is 2. The summed E-state index contributed by atoms with van der Waals surface area (Å²) < 4.78 is 9.32. The monoisotopic (exact) mass is 313 g/mol. The second kappa shape index (κ2) is 4.51. The molecular weight excluding hydrogens is 302 g/mol. The lowest BCUT2D eigenvalue weighted by atomic mass is 10.2. The fraction of sp³-hybridized carbons (Fsp3) is 0.455. The average molecular weight is 314 g/mol. The van der Waals surface area contributed by atoms with Crippen molar-refractivity contribution in [2.24, 2.45) is 0 Å². The lowest BCUT2D eigenvalue weighted by molar-refractivity contribution is 0.0975. The quantitative estimate of drug-likeness (QED) is 0.867. The summed E-state index contributed by atoms with van der Waals surface area (Å²) in [5, 5.41) is 0. The molecule has 17 heavy (non-hydrogen) atoms. The van der Waals surface area contributed by atoms with Crippen LogP contribution >= 0.6 is 28.1 Å². The van der Waals surface area contributed by atoms with E-state index in [0.29, 0.717) is 4.77 Å². The Morgan fingerprint density at radius 3 is 3.29 bits per heavy atom. The first-order valence-corrected chi connectivity index (χ1v) is 6.80. The predicted molar refractivity (Wildman–Crippen MR) is 71.6 cm³/mol. The van der Waals surface area contributed by atoms with E-state index in [9.17, 15) is 0 Å². The zero-order valence-electron chi connectivity index (χ0n) is 9.15. The number of nitrogens with one attached hydrogen (secondary N) is 1. The first-order valence-electron chi connectivity index (χ1n) is 5.60. The molecule has 0 bridgehead atoms. The van der Waals surface area contributed by atoms with Gasteiger partial charge in [0.2, 0.25) is 0 Å². The lowest BCUT2D eigenvalue weighted by Gasteiger charge is -2.10. The van der Waals surface area contributed by atoms with Crippen molar-refractivity contribution in [3.63, 3.8) is 0 Å². The van der Waals surface area contributed by atoms with E-state index in [4.69, 9.17) is 17.0 Å². The Labute approximate surface area is 112 Å². The molecular formula is C11H12BrN3OS. The number of fused-ring (bicyclic) bond motifs is 1. The number of H-pyrrole nitrogens is 1. The molecule has 0 amide bonds. The Hall–Kier alpha value is -0.720. The number of ether oxygens (including phenoxy) is 1. The molecule has 6 heteroatoms. The van der Waals surface area contributed by atoms with Gasteiger partial charge >= 0.3 is 0 Å². The van der Waals surface area contributed by atoms with Gasteiger partial charge in [-0.05, 0) is 47.1 Å². The van der Waals surface area contributed by atoms with Crippen LogP contribution in [0.15, 0.2) is 16.7 Å². The first kappa shape index (κ1) is 11.4. The van der Waals surface area contributed by atoms with Crippen LogP contribution in [0, 0.1) is 4.77 Å². The van der Waals surface area contributed by atoms with Gasteiger partial charge < -0.3 is 9.72 Å². The molecule has 1 N–H and O–H groups in total. The Balaban J connectivity index is 2.02. The maximum atomic E-state index is 5.64. The van der Waals surface area contributed by atoms with Crippen LogP contribution in [0.5, 0.6) is 0 Å². The molecule has 1 unspecified atom stereocenters. The summed E-state index contributed by atoms with van der Waals surface area (Å²) in [5.41, 5.74) is 1.86. The average Bonchev–Trinajstić information content (AvgIpc) is 2.88. The zero-order valence-corrected chi connectivity index (χ0v) is 11.6. The summed E-state index contributed by atoms with van der Waals surface area (Å²) in [5.74, 6) is 0. The van der Waals surface area contributed by atoms with E-state index < -0.39 is 0 Å². The van der Waals surface area contributed by atoms with Crippen LogP contribution in [0.3, 0.4) is 0 Å². The van der Waals surface area contributed by atoms with Gasteiger partial charge in [-0.2, -0.15) is 0 Å². The largest absolute Gasteiger partial charge is 0.376 e. The van der Waals surface area contributed by atoms with Gasteiger partial charge in [0.1, 0.15) is 0 Å². The van der Waals surface area contributed by atoms with Crippen LogP contribution in [-0.2, 0) is 11.3 Å². The van der Waals surface area contributed by atoms with Crippen LogP contribution in [0.2, 0.25) is 0 Å². The van der Waals surface area contributed by atoms with Crippen molar-refractivity contribution in [1.29, 1.82) is 0 Å². The molecule has 0 saturated carbocycles. The van der Waals surface area contributed by atoms with E-state index in [1.54, 1.807) is 6.20 Å². The molecule has 3 rings (SSSR count). The Bertz CT molecular complexity index is 600. The lowest BCUT2D eigenvalue weighted by Crippen LogP contribution is -2.15. The topological polar surface area (TPSA) is 42.8 Å². The number of rotatable bonds is 2. The molecule has 0 aromatic carbocycles. The Morgan fingerprint density at radius 1 is 1.65 bits per heavy atom. The van der Waals surface area contributed by atoms with Crippen LogP contribution in [-0.4, -0.2) is 27.2 Å². The summed E-state index contributed by atoms with van der Waals surface area (Å²) in [4.78, 5) is 7.58. The highest BCUT2D eigenvalue weighted by atomic mass is 79.9. The van der Waals surface area contributed by atoms with Gasteiger partial charge in [0.05, 0.1) is 18.2 Å². The van der Waals surface area contributed by atoms with Crippen molar-refractivity contribution >= 4 is 39.3 Å². The van der Waals surface area contributed by atoms with E-state index >= 15 is 0 Å². The van der Waals surface area contributed by atoms with E-state index in [1.807, 2.05) is 10.6 Å². The van der Waals surface area contributed by atoms with Crippen LogP contribution in [0.1, 0.15) is 12.8 Å². The minimum Gasteiger partial charge on any atom is -0.376 e. The maximum Gasteiger partial charge on any atom is 0.179 e. The van der Waals surface area contributed by atoms with Crippen molar-refractivity contribution in [1.82, 2.24) is 14.5 Å². The molecule has 4 nitrogen and oxygen atoms in total. The second-order valence-corrected chi connectivity index (χ2v) is 5.50. The van der Waals surface area contributed by atoms with Crippen molar-refractivity contribution in [3.8, 4) is 0 Å². The molecule has 0 spiro atoms. The Morgan fingerprint density at radius 2 is 2.53 bits per heavy atom. The normalized spacial score (nSPS) is 20.2. The standard InChI is InChI=1S/C11H12BrN3OS/c12-7-4-9-10(13-5-7)15(11(17)14-9)6-8-2-1-3-16-8/h4-5,8H,1-3,6H2,(H,14,17). The van der Waals surface area contributed by atoms with E-state index in [2.05, 4.69) is 25.9 Å². The summed E-state index contributed by atoms with van der Waals surface area (Å²) in [6.45, 7) is 1.65. The molecule has 0 radical (unpaired) electrons. The van der Waals surface area contributed by atoms with Crippen molar-refractivity contribution in [2.75, 3.05) is 6.61 Å². The van der Waals surface area contributed by atoms with E-state index in [1.165, 1.54) is 0 Å². The molecule has 1 aliphatic rings. The number of pyridine rings is 1. The summed E-state index contributed by atoms with van der Waals surface area (Å²) in [6, 6.07) is 1.99. The number of imidazole rings is 1. The molecule has 1 aliphatic heterocycles. The number of halogens is 1. The van der Waals surface area contributed by atoms with Gasteiger partial charge in [-0.1, -0.05) is 0 Å². The highest BCUT2D eigenvalue weighted by Gasteiger charge is 2.18. The molecule has 1 atom stereocenters. The van der Waals surface area contributed by atoms with Gasteiger partial charge in [-0.3, -0.25) is 4.57 Å². The Kier molecular flexibility index (Phi) is 3.02. The first-order chi connectivity index (χ1) is 8.24. The van der Waals surface area contributed by atoms with Crippen LogP contribution in [0.4, 0.5) is 0 Å². The predicted octanol–water partition coefficient (Wildman–Crippen LogP) is 3.04. The highest BCUT2D eigenvalue weighted by molar-refractivity contribution is 9.10. The fourth-order valence-corrected chi connectivity index (χ4v) is 2.78. The molecule has 2 aromatic heterocycles. The van der Waals surface area contributed by atoms with Crippen LogP contribution < -0.4 is 0 Å². The van der Waals surface area contributed by atoms with Crippen molar-refractivity contribution in [3.05, 3.63) is 21.5 Å². The third-order valence-electron chi connectivity index (χ3n) is 2.99. The SMILES string of the molecule is S=c1[nH]c2cc(Br)cnc2n1CC1CCCO1. The molecule has 0 aliphatic carbocycles. The van der Waals surface area contributed by atoms with Gasteiger partial charge in [0.25, 0.3) is 0 Å². The smallest absolute Gasteiger partial charge is 0.179 e. The summed E-state index contributed by atoms with van der Waals surface area (Å²) >= 11 is 8.73. The van der Waals surface area contributed by atoms with Crippen LogP contribution in [0.25, 0.3) is 11.2 Å². The van der Waals surface area contributed by atoms with Crippen molar-refractivity contribution in [2.45, 2.75) is 25.5 Å². The molecule has 90 valence electrons. The molecule has 1 saturated heterocycles. The molecule has 3 heterocycles. The molecule has 2 aromatic rings. The third-order valence-corrected chi connectivity index (χ3v) is 3.74. The summed E-state index contributed by atoms with van der Waals surface area (Å²) in [7, 11) is 0. The van der Waals surface area contributed by atoms with E-state index in [-0.39, 0.29) is 6.10 Å². The van der Waals surface area contributed by atoms with Gasteiger partial charge in [-0.25, -0.2) is 4.98 Å². The third kappa shape index (κ3) is 2.17. The van der Waals surface area contributed by atoms with Gasteiger partial charge in [-0.15, -0.1) is 0 Å². The number of aromatic amines is 1. The van der Waals surface area contributed by atoms with E-state index in [0.717, 1.165) is 41.6 Å². The molecule has 1 fully saturated rings. The maximum absolute atomic E-state index is 5.64.